The van der Waals surface area contributed by atoms with Gasteiger partial charge in [0.25, 0.3) is 0 Å². The van der Waals surface area contributed by atoms with Crippen molar-refractivity contribution < 1.29 is 9.59 Å². The lowest BCUT2D eigenvalue weighted by Crippen LogP contribution is -2.41. The van der Waals surface area contributed by atoms with E-state index in [1.807, 2.05) is 6.08 Å². The molecule has 2 unspecified atom stereocenters. The van der Waals surface area contributed by atoms with Gasteiger partial charge in [-0.2, -0.15) is 0 Å². The fourth-order valence-corrected chi connectivity index (χ4v) is 5.29. The van der Waals surface area contributed by atoms with E-state index in [9.17, 15) is 9.59 Å². The van der Waals surface area contributed by atoms with E-state index in [1.165, 1.54) is 5.57 Å². The van der Waals surface area contributed by atoms with Gasteiger partial charge in [-0.05, 0) is 50.0 Å². The maximum Gasteiger partial charge on any atom is 0.155 e. The van der Waals surface area contributed by atoms with Crippen molar-refractivity contribution in [3.8, 4) is 0 Å². The van der Waals surface area contributed by atoms with Crippen LogP contribution in [0.15, 0.2) is 23.3 Å². The lowest BCUT2D eigenvalue weighted by Gasteiger charge is -2.47. The van der Waals surface area contributed by atoms with Crippen LogP contribution in [0.5, 0.6) is 0 Å². The molecule has 0 heterocycles. The second-order valence-electron chi connectivity index (χ2n) is 7.32. The molecule has 0 spiro atoms. The van der Waals surface area contributed by atoms with Gasteiger partial charge >= 0.3 is 0 Å². The van der Waals surface area contributed by atoms with Crippen LogP contribution in [0.4, 0.5) is 0 Å². The molecule has 0 aliphatic heterocycles. The summed E-state index contributed by atoms with van der Waals surface area (Å²) in [5, 5.41) is 0. The van der Waals surface area contributed by atoms with Gasteiger partial charge in [0.2, 0.25) is 0 Å². The minimum Gasteiger partial charge on any atom is -0.299 e. The van der Waals surface area contributed by atoms with Crippen molar-refractivity contribution in [2.45, 2.75) is 51.9 Å². The van der Waals surface area contributed by atoms with Gasteiger partial charge in [0.15, 0.2) is 5.78 Å². The lowest BCUT2D eigenvalue weighted by atomic mass is 9.57. The van der Waals surface area contributed by atoms with Crippen LogP contribution >= 0.6 is 0 Å². The summed E-state index contributed by atoms with van der Waals surface area (Å²) in [6, 6.07) is 0. The summed E-state index contributed by atoms with van der Waals surface area (Å²) in [6.45, 7) is 2.19. The molecule has 106 valence electrons. The second-order valence-corrected chi connectivity index (χ2v) is 7.32. The molecule has 0 aromatic rings. The molecule has 2 heteroatoms. The van der Waals surface area contributed by atoms with Crippen molar-refractivity contribution >= 4 is 11.6 Å². The summed E-state index contributed by atoms with van der Waals surface area (Å²) < 4.78 is 0. The Balaban J connectivity index is 1.72. The van der Waals surface area contributed by atoms with Crippen LogP contribution in [0.2, 0.25) is 0 Å². The van der Waals surface area contributed by atoms with Gasteiger partial charge in [-0.3, -0.25) is 9.59 Å². The first kappa shape index (κ1) is 12.6. The van der Waals surface area contributed by atoms with Crippen LogP contribution in [-0.2, 0) is 9.59 Å². The lowest BCUT2D eigenvalue weighted by molar-refractivity contribution is -0.127. The molecule has 0 radical (unpaired) electrons. The Bertz CT molecular complexity index is 554. The Morgan fingerprint density at radius 2 is 1.95 bits per heavy atom. The zero-order valence-corrected chi connectivity index (χ0v) is 12.2. The van der Waals surface area contributed by atoms with Crippen molar-refractivity contribution in [3.63, 3.8) is 0 Å². The number of carbonyl (C=O) groups is 2. The molecule has 2 nitrogen and oxygen atoms in total. The summed E-state index contributed by atoms with van der Waals surface area (Å²) in [4.78, 5) is 23.9. The van der Waals surface area contributed by atoms with Gasteiger partial charge in [0, 0.05) is 24.2 Å². The van der Waals surface area contributed by atoms with Crippen LogP contribution < -0.4 is 0 Å². The molecular formula is C18H22O2. The highest BCUT2D eigenvalue weighted by Gasteiger charge is 2.53. The number of ketones is 2. The van der Waals surface area contributed by atoms with Crippen molar-refractivity contribution in [1.82, 2.24) is 0 Å². The van der Waals surface area contributed by atoms with Gasteiger partial charge in [0.1, 0.15) is 5.78 Å². The van der Waals surface area contributed by atoms with Crippen LogP contribution in [0.1, 0.15) is 51.9 Å². The van der Waals surface area contributed by atoms with Crippen LogP contribution in [-0.4, -0.2) is 11.6 Å². The van der Waals surface area contributed by atoms with E-state index in [0.29, 0.717) is 35.7 Å². The molecule has 2 saturated carbocycles. The van der Waals surface area contributed by atoms with Crippen LogP contribution in [0, 0.1) is 23.2 Å². The van der Waals surface area contributed by atoms with Gasteiger partial charge in [-0.1, -0.05) is 24.1 Å². The van der Waals surface area contributed by atoms with Crippen molar-refractivity contribution in [2.24, 2.45) is 23.2 Å². The predicted molar refractivity (Wildman–Crippen MR) is 77.1 cm³/mol. The standard InChI is InChI=1S/C18H22O2/c1-18-9-8-14-13-5-3-12(19)10-11(13)2-4-15(14)16(18)6-7-17(18)20/h8,10,13,15-16H,2-7,9H2,1H3/t13-,15?,16?,18-/m0/s1. The third-order valence-electron chi connectivity index (χ3n) is 6.43. The highest BCUT2D eigenvalue weighted by atomic mass is 16.1. The maximum atomic E-state index is 12.2. The van der Waals surface area contributed by atoms with Gasteiger partial charge < -0.3 is 0 Å². The Labute approximate surface area is 120 Å². The number of Topliss-reactive ketones (excluding diaryl/α,β-unsaturated/α-hetero) is 1. The number of allylic oxidation sites excluding steroid dienone is 4. The summed E-state index contributed by atoms with van der Waals surface area (Å²) in [5.41, 5.74) is 2.86. The third-order valence-corrected chi connectivity index (χ3v) is 6.43. The van der Waals surface area contributed by atoms with Crippen molar-refractivity contribution in [2.75, 3.05) is 0 Å². The largest absolute Gasteiger partial charge is 0.299 e. The number of hydrogen-bond donors (Lipinski definition) is 0. The minimum absolute atomic E-state index is 0.0835. The molecule has 20 heavy (non-hydrogen) atoms. The molecule has 0 bridgehead atoms. The smallest absolute Gasteiger partial charge is 0.155 e. The minimum atomic E-state index is -0.0835. The zero-order chi connectivity index (χ0) is 13.9. The first-order chi connectivity index (χ1) is 9.59. The molecule has 4 aliphatic rings. The SMILES string of the molecule is C[C@]12CC=C3C(CCC4=CC(=O)CC[C@@H]43)C1CCC2=O. The van der Waals surface area contributed by atoms with Crippen molar-refractivity contribution in [3.05, 3.63) is 23.3 Å². The van der Waals surface area contributed by atoms with Gasteiger partial charge in [-0.15, -0.1) is 0 Å². The Hall–Kier alpha value is -1.18. The second kappa shape index (κ2) is 4.16. The van der Waals surface area contributed by atoms with Crippen LogP contribution in [0.3, 0.4) is 0 Å². The van der Waals surface area contributed by atoms with E-state index in [2.05, 4.69) is 13.0 Å². The highest BCUT2D eigenvalue weighted by Crippen LogP contribution is 2.58. The van der Waals surface area contributed by atoms with Gasteiger partial charge in [0.05, 0.1) is 0 Å². The Kier molecular flexibility index (Phi) is 2.61. The summed E-state index contributed by atoms with van der Waals surface area (Å²) in [5.74, 6) is 2.49. The number of carbonyl (C=O) groups excluding carboxylic acids is 2. The molecule has 4 atom stereocenters. The normalized spacial score (nSPS) is 43.4. The van der Waals surface area contributed by atoms with E-state index in [0.717, 1.165) is 38.5 Å². The summed E-state index contributed by atoms with van der Waals surface area (Å²) in [6.07, 6.45) is 11.0. The summed E-state index contributed by atoms with van der Waals surface area (Å²) >= 11 is 0. The monoisotopic (exact) mass is 270 g/mol. The number of hydrogen-bond acceptors (Lipinski definition) is 2. The summed E-state index contributed by atoms with van der Waals surface area (Å²) in [7, 11) is 0. The molecule has 0 saturated heterocycles. The fourth-order valence-electron chi connectivity index (χ4n) is 5.29. The predicted octanol–water partition coefficient (Wildman–Crippen LogP) is 3.62. The molecule has 2 fully saturated rings. The molecule has 0 amide bonds. The Morgan fingerprint density at radius 3 is 2.80 bits per heavy atom. The van der Waals surface area contributed by atoms with Crippen LogP contribution in [0.25, 0.3) is 0 Å². The maximum absolute atomic E-state index is 12.2. The molecule has 0 aromatic heterocycles. The topological polar surface area (TPSA) is 34.1 Å². The number of rotatable bonds is 0. The molecular weight excluding hydrogens is 248 g/mol. The zero-order valence-electron chi connectivity index (χ0n) is 12.2. The number of fused-ring (bicyclic) bond motifs is 5. The molecule has 0 N–H and O–H groups in total. The third kappa shape index (κ3) is 1.57. The first-order valence-electron chi connectivity index (χ1n) is 8.06. The van der Waals surface area contributed by atoms with Crippen molar-refractivity contribution in [1.29, 1.82) is 0 Å². The van der Waals surface area contributed by atoms with E-state index in [4.69, 9.17) is 0 Å². The highest BCUT2D eigenvalue weighted by molar-refractivity contribution is 5.91. The molecule has 4 aliphatic carbocycles. The van der Waals surface area contributed by atoms with E-state index < -0.39 is 0 Å². The first-order valence-corrected chi connectivity index (χ1v) is 8.06. The fraction of sp³-hybridized carbons (Fsp3) is 0.667. The molecule has 4 rings (SSSR count). The van der Waals surface area contributed by atoms with E-state index in [1.54, 1.807) is 5.57 Å². The van der Waals surface area contributed by atoms with Gasteiger partial charge in [-0.25, -0.2) is 0 Å². The Morgan fingerprint density at radius 1 is 1.10 bits per heavy atom. The van der Waals surface area contributed by atoms with E-state index >= 15 is 0 Å². The van der Waals surface area contributed by atoms with E-state index in [-0.39, 0.29) is 5.41 Å². The average Bonchev–Trinajstić information content (AvgIpc) is 2.74. The average molecular weight is 270 g/mol. The molecule has 0 aromatic carbocycles. The quantitative estimate of drug-likeness (QED) is 0.630.